The van der Waals surface area contributed by atoms with Gasteiger partial charge in [0.1, 0.15) is 12.7 Å². The summed E-state index contributed by atoms with van der Waals surface area (Å²) in [7, 11) is 0. The van der Waals surface area contributed by atoms with E-state index in [1.165, 1.54) is 13.8 Å². The Morgan fingerprint density at radius 2 is 1.84 bits per heavy atom. The first-order chi connectivity index (χ1) is 8.86. The van der Waals surface area contributed by atoms with Crippen molar-refractivity contribution in [2.75, 3.05) is 6.61 Å². The van der Waals surface area contributed by atoms with E-state index >= 15 is 0 Å². The normalized spacial score (nSPS) is 34.2. The van der Waals surface area contributed by atoms with Gasteiger partial charge in [0.15, 0.2) is 6.10 Å². The lowest BCUT2D eigenvalue weighted by atomic mass is 9.81. The van der Waals surface area contributed by atoms with Gasteiger partial charge in [-0.05, 0) is 5.92 Å². The Morgan fingerprint density at radius 3 is 2.32 bits per heavy atom. The molecule has 5 nitrogen and oxygen atoms in total. The highest BCUT2D eigenvalue weighted by Gasteiger charge is 2.43. The lowest BCUT2D eigenvalue weighted by Crippen LogP contribution is -2.51. The minimum absolute atomic E-state index is 0.0271. The Kier molecular flexibility index (Phi) is 5.37. The molecule has 0 aromatic rings. The third-order valence-electron chi connectivity index (χ3n) is 3.47. The Labute approximate surface area is 113 Å². The predicted octanol–water partition coefficient (Wildman–Crippen LogP) is 1.15. The molecule has 1 rings (SSSR count). The second kappa shape index (κ2) is 6.58. The molecule has 0 spiro atoms. The highest BCUT2D eigenvalue weighted by molar-refractivity contribution is 5.66. The first-order valence-corrected chi connectivity index (χ1v) is 6.29. The summed E-state index contributed by atoms with van der Waals surface area (Å²) in [5, 5.41) is 0. The van der Waals surface area contributed by atoms with E-state index in [4.69, 9.17) is 20.6 Å². The van der Waals surface area contributed by atoms with Crippen LogP contribution in [0.5, 0.6) is 0 Å². The second-order valence-corrected chi connectivity index (χ2v) is 4.86. The van der Waals surface area contributed by atoms with E-state index in [0.29, 0.717) is 0 Å². The van der Waals surface area contributed by atoms with Gasteiger partial charge in [0.2, 0.25) is 0 Å². The minimum Gasteiger partial charge on any atom is -0.463 e. The molecule has 1 heterocycles. The van der Waals surface area contributed by atoms with Gasteiger partial charge in [-0.15, -0.1) is 6.42 Å². The maximum absolute atomic E-state index is 11.1. The summed E-state index contributed by atoms with van der Waals surface area (Å²) in [4.78, 5) is 22.0. The second-order valence-electron chi connectivity index (χ2n) is 4.86. The fourth-order valence-corrected chi connectivity index (χ4v) is 2.19. The maximum atomic E-state index is 11.1. The third-order valence-corrected chi connectivity index (χ3v) is 3.47. The van der Waals surface area contributed by atoms with Crippen LogP contribution in [0.2, 0.25) is 0 Å². The molecule has 0 radical (unpaired) electrons. The molecule has 0 aromatic heterocycles. The van der Waals surface area contributed by atoms with Crippen molar-refractivity contribution in [1.29, 1.82) is 0 Å². The molecule has 0 aromatic carbocycles. The summed E-state index contributed by atoms with van der Waals surface area (Å²) in [5.41, 5.74) is 0. The van der Waals surface area contributed by atoms with Crippen LogP contribution >= 0.6 is 0 Å². The summed E-state index contributed by atoms with van der Waals surface area (Å²) in [6, 6.07) is 0. The molecule has 1 fully saturated rings. The molecule has 0 N–H and O–H groups in total. The molecule has 1 aliphatic rings. The maximum Gasteiger partial charge on any atom is 0.303 e. The van der Waals surface area contributed by atoms with Gasteiger partial charge < -0.3 is 14.2 Å². The van der Waals surface area contributed by atoms with Crippen molar-refractivity contribution in [1.82, 2.24) is 0 Å². The standard InChI is InChI=1S/C14H20O5/c1-6-12-14(18-11(5)16)9(3)8(2)13(19-12)7-17-10(4)15/h1,8-9,12-14H,7H2,2-5H3/t8-,9-,12+,13+,14-/m0/s1. The number of esters is 2. The van der Waals surface area contributed by atoms with Gasteiger partial charge in [-0.25, -0.2) is 0 Å². The first-order valence-electron chi connectivity index (χ1n) is 6.29. The van der Waals surface area contributed by atoms with E-state index in [0.717, 1.165) is 0 Å². The molecular weight excluding hydrogens is 248 g/mol. The summed E-state index contributed by atoms with van der Waals surface area (Å²) in [6.07, 6.45) is 4.05. The van der Waals surface area contributed by atoms with Crippen molar-refractivity contribution in [3.8, 4) is 12.3 Å². The molecule has 0 aliphatic carbocycles. The molecule has 0 amide bonds. The topological polar surface area (TPSA) is 61.8 Å². The van der Waals surface area contributed by atoms with Crippen LogP contribution in [0.1, 0.15) is 27.7 Å². The van der Waals surface area contributed by atoms with E-state index in [-0.39, 0.29) is 36.5 Å². The van der Waals surface area contributed by atoms with Crippen molar-refractivity contribution in [3.05, 3.63) is 0 Å². The molecule has 1 aliphatic heterocycles. The minimum atomic E-state index is -0.615. The molecular formula is C14H20O5. The van der Waals surface area contributed by atoms with E-state index in [1.807, 2.05) is 13.8 Å². The number of carbonyl (C=O) groups excluding carboxylic acids is 2. The smallest absolute Gasteiger partial charge is 0.303 e. The number of ether oxygens (including phenoxy) is 3. The average molecular weight is 268 g/mol. The number of hydrogen-bond acceptors (Lipinski definition) is 5. The van der Waals surface area contributed by atoms with E-state index < -0.39 is 12.2 Å². The highest BCUT2D eigenvalue weighted by Crippen LogP contribution is 2.32. The fraction of sp³-hybridized carbons (Fsp3) is 0.714. The Morgan fingerprint density at radius 1 is 1.21 bits per heavy atom. The Balaban J connectivity index is 2.76. The fourth-order valence-electron chi connectivity index (χ4n) is 2.19. The SMILES string of the molecule is C#C[C@H]1O[C@H](COC(C)=O)[C@@H](C)[C@H](C)[C@@H]1OC(C)=O. The van der Waals surface area contributed by atoms with E-state index in [2.05, 4.69) is 5.92 Å². The average Bonchev–Trinajstić information content (AvgIpc) is 2.33. The third kappa shape index (κ3) is 3.97. The monoisotopic (exact) mass is 268 g/mol. The molecule has 5 atom stereocenters. The van der Waals surface area contributed by atoms with Crippen LogP contribution in [-0.2, 0) is 23.8 Å². The molecule has 0 bridgehead atoms. The summed E-state index contributed by atoms with van der Waals surface area (Å²) in [5.74, 6) is 1.84. The summed E-state index contributed by atoms with van der Waals surface area (Å²) in [6.45, 7) is 6.76. The van der Waals surface area contributed by atoms with Gasteiger partial charge >= 0.3 is 11.9 Å². The zero-order valence-electron chi connectivity index (χ0n) is 11.7. The van der Waals surface area contributed by atoms with Gasteiger partial charge in [-0.3, -0.25) is 9.59 Å². The van der Waals surface area contributed by atoms with Crippen LogP contribution in [0.4, 0.5) is 0 Å². The van der Waals surface area contributed by atoms with Crippen LogP contribution in [0.15, 0.2) is 0 Å². The van der Waals surface area contributed by atoms with Crippen LogP contribution in [0.25, 0.3) is 0 Å². The first kappa shape index (κ1) is 15.5. The molecule has 19 heavy (non-hydrogen) atoms. The molecule has 5 heteroatoms. The molecule has 0 unspecified atom stereocenters. The summed E-state index contributed by atoms with van der Waals surface area (Å²) < 4.78 is 15.9. The lowest BCUT2D eigenvalue weighted by molar-refractivity contribution is -0.191. The Bertz CT molecular complexity index is 382. The highest BCUT2D eigenvalue weighted by atomic mass is 16.6. The van der Waals surface area contributed by atoms with Crippen molar-refractivity contribution in [2.45, 2.75) is 46.0 Å². The summed E-state index contributed by atoms with van der Waals surface area (Å²) >= 11 is 0. The van der Waals surface area contributed by atoms with Gasteiger partial charge in [0.05, 0.1) is 6.10 Å². The van der Waals surface area contributed by atoms with Crippen molar-refractivity contribution in [3.63, 3.8) is 0 Å². The van der Waals surface area contributed by atoms with Crippen molar-refractivity contribution >= 4 is 11.9 Å². The number of carbonyl (C=O) groups is 2. The zero-order valence-corrected chi connectivity index (χ0v) is 11.7. The van der Waals surface area contributed by atoms with Gasteiger partial charge in [0.25, 0.3) is 0 Å². The van der Waals surface area contributed by atoms with Crippen molar-refractivity contribution in [2.24, 2.45) is 11.8 Å². The number of hydrogen-bond donors (Lipinski definition) is 0. The van der Waals surface area contributed by atoms with Crippen LogP contribution in [0, 0.1) is 24.2 Å². The number of rotatable bonds is 3. The predicted molar refractivity (Wildman–Crippen MR) is 68.0 cm³/mol. The zero-order chi connectivity index (χ0) is 14.6. The molecule has 106 valence electrons. The van der Waals surface area contributed by atoms with Gasteiger partial charge in [0, 0.05) is 19.8 Å². The number of terminal acetylenes is 1. The molecule has 1 saturated heterocycles. The van der Waals surface area contributed by atoms with Crippen LogP contribution in [0.3, 0.4) is 0 Å². The quantitative estimate of drug-likeness (QED) is 0.567. The Hall–Kier alpha value is -1.54. The van der Waals surface area contributed by atoms with E-state index in [9.17, 15) is 9.59 Å². The van der Waals surface area contributed by atoms with E-state index in [1.54, 1.807) is 0 Å². The molecule has 0 saturated carbocycles. The van der Waals surface area contributed by atoms with Crippen LogP contribution < -0.4 is 0 Å². The van der Waals surface area contributed by atoms with Gasteiger partial charge in [-0.2, -0.15) is 0 Å². The van der Waals surface area contributed by atoms with Gasteiger partial charge in [-0.1, -0.05) is 19.8 Å². The lowest BCUT2D eigenvalue weighted by Gasteiger charge is -2.42. The largest absolute Gasteiger partial charge is 0.463 e. The van der Waals surface area contributed by atoms with Crippen molar-refractivity contribution < 1.29 is 23.8 Å². The van der Waals surface area contributed by atoms with Crippen LogP contribution in [-0.4, -0.2) is 36.9 Å².